The molecule has 2 aliphatic heterocycles. The highest BCUT2D eigenvalue weighted by Crippen LogP contribution is 2.33. The van der Waals surface area contributed by atoms with Gasteiger partial charge in [-0.1, -0.05) is 13.0 Å². The van der Waals surface area contributed by atoms with Crippen LogP contribution >= 0.6 is 0 Å². The molecule has 1 N–H and O–H groups in total. The highest BCUT2D eigenvalue weighted by atomic mass is 16.7. The van der Waals surface area contributed by atoms with Gasteiger partial charge in [0.2, 0.25) is 12.7 Å². The molecule has 0 aromatic heterocycles. The minimum absolute atomic E-state index is 0.215. The fraction of sp³-hybridized carbons (Fsp3) is 0.588. The quantitative estimate of drug-likeness (QED) is 0.907. The van der Waals surface area contributed by atoms with Crippen molar-refractivity contribution in [2.75, 3.05) is 19.9 Å². The number of rotatable bonds is 5. The first-order valence-corrected chi connectivity index (χ1v) is 8.11. The predicted molar refractivity (Wildman–Crippen MR) is 83.9 cm³/mol. The first-order chi connectivity index (χ1) is 10.7. The Morgan fingerprint density at radius 2 is 2.14 bits per heavy atom. The average Bonchev–Trinajstić information content (AvgIpc) is 3.20. The summed E-state index contributed by atoms with van der Waals surface area (Å²) < 4.78 is 10.8. The molecule has 120 valence electrons. The van der Waals surface area contributed by atoms with E-state index in [1.165, 1.54) is 0 Å². The molecule has 5 nitrogen and oxygen atoms in total. The van der Waals surface area contributed by atoms with Crippen molar-refractivity contribution in [3.05, 3.63) is 23.8 Å². The Hall–Kier alpha value is -1.75. The Kier molecular flexibility index (Phi) is 4.25. The summed E-state index contributed by atoms with van der Waals surface area (Å²) in [5, 5.41) is 3.43. The number of carbonyl (C=O) groups excluding carboxylic acids is 1. The molecular formula is C17H24N2O3. The van der Waals surface area contributed by atoms with Gasteiger partial charge in [0.05, 0.1) is 5.54 Å². The molecule has 0 saturated carbocycles. The molecular weight excluding hydrogens is 280 g/mol. The molecule has 5 heteroatoms. The zero-order valence-corrected chi connectivity index (χ0v) is 13.4. The SMILES string of the molecule is CCN(Cc1ccc2c(c1)OCO2)C(=O)C1(CC)CCCN1. The zero-order valence-electron chi connectivity index (χ0n) is 13.4. The van der Waals surface area contributed by atoms with Crippen LogP contribution in [0.2, 0.25) is 0 Å². The predicted octanol–water partition coefficient (Wildman–Crippen LogP) is 2.30. The summed E-state index contributed by atoms with van der Waals surface area (Å²) in [7, 11) is 0. The fourth-order valence-corrected chi connectivity index (χ4v) is 3.33. The number of likely N-dealkylation sites (N-methyl/N-ethyl adjacent to an activating group) is 1. The summed E-state index contributed by atoms with van der Waals surface area (Å²) in [6, 6.07) is 5.89. The van der Waals surface area contributed by atoms with Crippen LogP contribution in [-0.4, -0.2) is 36.2 Å². The number of fused-ring (bicyclic) bond motifs is 1. The third kappa shape index (κ3) is 2.65. The van der Waals surface area contributed by atoms with Crippen molar-refractivity contribution in [2.45, 2.75) is 45.2 Å². The molecule has 1 unspecified atom stereocenters. The van der Waals surface area contributed by atoms with Crippen LogP contribution in [0.4, 0.5) is 0 Å². The largest absolute Gasteiger partial charge is 0.454 e. The van der Waals surface area contributed by atoms with Crippen LogP contribution in [0.5, 0.6) is 11.5 Å². The van der Waals surface area contributed by atoms with Crippen LogP contribution in [0, 0.1) is 0 Å². The summed E-state index contributed by atoms with van der Waals surface area (Å²) >= 11 is 0. The van der Waals surface area contributed by atoms with Gasteiger partial charge < -0.3 is 19.7 Å². The number of nitrogens with one attached hydrogen (secondary N) is 1. The second-order valence-electron chi connectivity index (χ2n) is 5.97. The van der Waals surface area contributed by atoms with Gasteiger partial charge in [0.1, 0.15) is 0 Å². The second-order valence-corrected chi connectivity index (χ2v) is 5.97. The lowest BCUT2D eigenvalue weighted by Gasteiger charge is -2.33. The lowest BCUT2D eigenvalue weighted by molar-refractivity contribution is -0.138. The molecule has 1 amide bonds. The molecule has 22 heavy (non-hydrogen) atoms. The fourth-order valence-electron chi connectivity index (χ4n) is 3.33. The van der Waals surface area contributed by atoms with E-state index >= 15 is 0 Å². The van der Waals surface area contributed by atoms with Gasteiger partial charge in [0.25, 0.3) is 0 Å². The number of carbonyl (C=O) groups is 1. The van der Waals surface area contributed by atoms with Gasteiger partial charge in [-0.15, -0.1) is 0 Å². The van der Waals surface area contributed by atoms with Crippen LogP contribution in [0.1, 0.15) is 38.7 Å². The number of hydrogen-bond acceptors (Lipinski definition) is 4. The minimum atomic E-state index is -0.369. The molecule has 0 spiro atoms. The van der Waals surface area contributed by atoms with Gasteiger partial charge in [0.15, 0.2) is 11.5 Å². The van der Waals surface area contributed by atoms with E-state index in [1.807, 2.05) is 30.0 Å². The van der Waals surface area contributed by atoms with E-state index in [1.54, 1.807) is 0 Å². The standard InChI is InChI=1S/C17H24N2O3/c1-3-17(8-5-9-18-17)16(20)19(4-2)11-13-6-7-14-15(10-13)22-12-21-14/h6-7,10,18H,3-5,8-9,11-12H2,1-2H3. The van der Waals surface area contributed by atoms with Crippen molar-refractivity contribution < 1.29 is 14.3 Å². The van der Waals surface area contributed by atoms with Gasteiger partial charge in [0, 0.05) is 13.1 Å². The summed E-state index contributed by atoms with van der Waals surface area (Å²) in [5.41, 5.74) is 0.704. The van der Waals surface area contributed by atoms with E-state index in [4.69, 9.17) is 9.47 Å². The second kappa shape index (κ2) is 6.16. The van der Waals surface area contributed by atoms with E-state index in [2.05, 4.69) is 12.2 Å². The third-order valence-corrected chi connectivity index (χ3v) is 4.74. The molecule has 1 atom stereocenters. The van der Waals surface area contributed by atoms with Crippen molar-refractivity contribution in [2.24, 2.45) is 0 Å². The Labute approximate surface area is 131 Å². The van der Waals surface area contributed by atoms with Crippen LogP contribution in [0.15, 0.2) is 18.2 Å². The molecule has 1 saturated heterocycles. The zero-order chi connectivity index (χ0) is 15.6. The minimum Gasteiger partial charge on any atom is -0.454 e. The number of nitrogens with zero attached hydrogens (tertiary/aromatic N) is 1. The Morgan fingerprint density at radius 3 is 2.82 bits per heavy atom. The first-order valence-electron chi connectivity index (χ1n) is 8.11. The van der Waals surface area contributed by atoms with Gasteiger partial charge in [-0.2, -0.15) is 0 Å². The molecule has 3 rings (SSSR count). The lowest BCUT2D eigenvalue weighted by Crippen LogP contribution is -2.54. The molecule has 2 heterocycles. The van der Waals surface area contributed by atoms with Crippen molar-refractivity contribution in [3.63, 3.8) is 0 Å². The van der Waals surface area contributed by atoms with Gasteiger partial charge in [-0.25, -0.2) is 0 Å². The summed E-state index contributed by atoms with van der Waals surface area (Å²) in [4.78, 5) is 14.9. The monoisotopic (exact) mass is 304 g/mol. The van der Waals surface area contributed by atoms with Crippen molar-refractivity contribution in [1.29, 1.82) is 0 Å². The lowest BCUT2D eigenvalue weighted by atomic mass is 9.92. The van der Waals surface area contributed by atoms with Crippen molar-refractivity contribution in [3.8, 4) is 11.5 Å². The van der Waals surface area contributed by atoms with E-state index in [0.717, 1.165) is 42.9 Å². The Balaban J connectivity index is 1.75. The van der Waals surface area contributed by atoms with Crippen molar-refractivity contribution >= 4 is 5.91 Å². The molecule has 0 aliphatic carbocycles. The Morgan fingerprint density at radius 1 is 1.32 bits per heavy atom. The average molecular weight is 304 g/mol. The molecule has 1 fully saturated rings. The summed E-state index contributed by atoms with van der Waals surface area (Å²) in [5.74, 6) is 1.76. The Bertz CT molecular complexity index is 553. The molecule has 1 aromatic carbocycles. The molecule has 1 aromatic rings. The number of benzene rings is 1. The van der Waals surface area contributed by atoms with Crippen LogP contribution < -0.4 is 14.8 Å². The third-order valence-electron chi connectivity index (χ3n) is 4.74. The van der Waals surface area contributed by atoms with Crippen LogP contribution in [-0.2, 0) is 11.3 Å². The normalized spacial score (nSPS) is 22.8. The van der Waals surface area contributed by atoms with E-state index in [0.29, 0.717) is 13.1 Å². The number of amides is 1. The summed E-state index contributed by atoms with van der Waals surface area (Å²) in [6.45, 7) is 6.64. The van der Waals surface area contributed by atoms with Gasteiger partial charge >= 0.3 is 0 Å². The molecule has 2 aliphatic rings. The summed E-state index contributed by atoms with van der Waals surface area (Å²) in [6.07, 6.45) is 2.84. The van der Waals surface area contributed by atoms with E-state index < -0.39 is 0 Å². The maximum atomic E-state index is 13.0. The molecule has 0 bridgehead atoms. The number of hydrogen-bond donors (Lipinski definition) is 1. The van der Waals surface area contributed by atoms with Crippen molar-refractivity contribution in [1.82, 2.24) is 10.2 Å². The smallest absolute Gasteiger partial charge is 0.243 e. The van der Waals surface area contributed by atoms with Crippen LogP contribution in [0.25, 0.3) is 0 Å². The molecule has 0 radical (unpaired) electrons. The van der Waals surface area contributed by atoms with E-state index in [-0.39, 0.29) is 18.2 Å². The first kappa shape index (κ1) is 15.2. The van der Waals surface area contributed by atoms with Gasteiger partial charge in [-0.05, 0) is 50.4 Å². The highest BCUT2D eigenvalue weighted by molar-refractivity contribution is 5.86. The highest BCUT2D eigenvalue weighted by Gasteiger charge is 2.41. The maximum Gasteiger partial charge on any atom is 0.243 e. The van der Waals surface area contributed by atoms with Crippen LogP contribution in [0.3, 0.4) is 0 Å². The topological polar surface area (TPSA) is 50.8 Å². The maximum absolute atomic E-state index is 13.0. The van der Waals surface area contributed by atoms with E-state index in [9.17, 15) is 4.79 Å². The van der Waals surface area contributed by atoms with Gasteiger partial charge in [-0.3, -0.25) is 4.79 Å². The number of ether oxygens (including phenoxy) is 2.